The summed E-state index contributed by atoms with van der Waals surface area (Å²) >= 11 is 0. The van der Waals surface area contributed by atoms with Crippen molar-refractivity contribution in [1.82, 2.24) is 10.2 Å². The molecule has 1 heterocycles. The Bertz CT molecular complexity index is 953. The molecule has 0 saturated heterocycles. The summed E-state index contributed by atoms with van der Waals surface area (Å²) in [6, 6.07) is 6.87. The molecule has 1 N–H and O–H groups in total. The highest BCUT2D eigenvalue weighted by atomic mass is 16.5. The molecule has 3 aromatic rings. The molecule has 0 radical (unpaired) electrons. The first kappa shape index (κ1) is 21.1. The van der Waals surface area contributed by atoms with Gasteiger partial charge in [0.15, 0.2) is 11.5 Å². The number of hydrogen-bond acceptors (Lipinski definition) is 6. The minimum atomic E-state index is -0.226. The number of aromatic amines is 1. The lowest BCUT2D eigenvalue weighted by Crippen LogP contribution is -2.05. The molecular weight excluding hydrogens is 360 g/mol. The monoisotopic (exact) mass is 386 g/mol. The number of hydrogen-bond donors (Lipinski definition) is 1. The lowest BCUT2D eigenvalue weighted by molar-refractivity contribution is 0.103. The van der Waals surface area contributed by atoms with Crippen molar-refractivity contribution in [3.63, 3.8) is 0 Å². The fourth-order valence-corrected chi connectivity index (χ4v) is 2.95. The van der Waals surface area contributed by atoms with Gasteiger partial charge in [0.25, 0.3) is 0 Å². The van der Waals surface area contributed by atoms with Crippen molar-refractivity contribution in [1.29, 1.82) is 0 Å². The largest absolute Gasteiger partial charge is 0.496 e. The standard InChI is InChI=1S/C19H20N2O5.C2H6/c1-10-13(23-2)7-6-12-16(10)20-21-17(12)18(22)11-8-14(24-3)19(26-5)15(9-11)25-4;1-2/h6-9H,1-5H3,(H,20,21);1-2H3. The molecule has 0 spiro atoms. The second-order valence-corrected chi connectivity index (χ2v) is 5.63. The lowest BCUT2D eigenvalue weighted by Gasteiger charge is -2.13. The zero-order chi connectivity index (χ0) is 20.8. The van der Waals surface area contributed by atoms with E-state index in [-0.39, 0.29) is 5.78 Å². The molecule has 0 atom stereocenters. The van der Waals surface area contributed by atoms with Crippen molar-refractivity contribution in [3.8, 4) is 23.0 Å². The Balaban J connectivity index is 0.00000136. The number of aromatic nitrogens is 2. The molecule has 150 valence electrons. The highest BCUT2D eigenvalue weighted by molar-refractivity contribution is 6.15. The second-order valence-electron chi connectivity index (χ2n) is 5.63. The summed E-state index contributed by atoms with van der Waals surface area (Å²) in [5.41, 5.74) is 2.35. The van der Waals surface area contributed by atoms with Crippen LogP contribution in [0.5, 0.6) is 23.0 Å². The van der Waals surface area contributed by atoms with Crippen LogP contribution in [0.25, 0.3) is 10.9 Å². The molecule has 0 bridgehead atoms. The Labute approximate surface area is 164 Å². The summed E-state index contributed by atoms with van der Waals surface area (Å²) in [5, 5.41) is 7.84. The second kappa shape index (κ2) is 9.12. The summed E-state index contributed by atoms with van der Waals surface area (Å²) in [7, 11) is 6.13. The van der Waals surface area contributed by atoms with E-state index in [2.05, 4.69) is 10.2 Å². The Morgan fingerprint density at radius 3 is 1.96 bits per heavy atom. The van der Waals surface area contributed by atoms with E-state index in [1.54, 1.807) is 19.2 Å². The van der Waals surface area contributed by atoms with Crippen LogP contribution in [0.1, 0.15) is 35.5 Å². The van der Waals surface area contributed by atoms with Crippen LogP contribution >= 0.6 is 0 Å². The van der Waals surface area contributed by atoms with E-state index in [9.17, 15) is 4.79 Å². The number of fused-ring (bicyclic) bond motifs is 1. The molecule has 1 aromatic heterocycles. The van der Waals surface area contributed by atoms with Crippen LogP contribution in [0.15, 0.2) is 24.3 Å². The zero-order valence-electron chi connectivity index (χ0n) is 17.3. The van der Waals surface area contributed by atoms with Gasteiger partial charge in [-0.1, -0.05) is 13.8 Å². The van der Waals surface area contributed by atoms with E-state index >= 15 is 0 Å². The van der Waals surface area contributed by atoms with Gasteiger partial charge in [-0.2, -0.15) is 5.10 Å². The fourth-order valence-electron chi connectivity index (χ4n) is 2.95. The number of ketones is 1. The molecular formula is C21H26N2O5. The number of H-pyrrole nitrogens is 1. The van der Waals surface area contributed by atoms with Gasteiger partial charge in [-0.15, -0.1) is 0 Å². The molecule has 0 unspecified atom stereocenters. The molecule has 0 aliphatic rings. The van der Waals surface area contributed by atoms with Crippen LogP contribution in [0, 0.1) is 6.92 Å². The number of benzene rings is 2. The number of nitrogens with one attached hydrogen (secondary N) is 1. The van der Waals surface area contributed by atoms with Gasteiger partial charge in [-0.25, -0.2) is 0 Å². The normalized spacial score (nSPS) is 10.1. The van der Waals surface area contributed by atoms with Crippen molar-refractivity contribution in [2.75, 3.05) is 28.4 Å². The van der Waals surface area contributed by atoms with Crippen molar-refractivity contribution >= 4 is 16.7 Å². The molecule has 28 heavy (non-hydrogen) atoms. The number of methoxy groups -OCH3 is 4. The van der Waals surface area contributed by atoms with Crippen molar-refractivity contribution in [2.45, 2.75) is 20.8 Å². The van der Waals surface area contributed by atoms with Gasteiger partial charge in [0.1, 0.15) is 11.4 Å². The van der Waals surface area contributed by atoms with Gasteiger partial charge in [0, 0.05) is 16.5 Å². The number of carbonyl (C=O) groups excluding carboxylic acids is 1. The van der Waals surface area contributed by atoms with Crippen LogP contribution < -0.4 is 18.9 Å². The van der Waals surface area contributed by atoms with E-state index in [1.165, 1.54) is 21.3 Å². The number of nitrogens with zero attached hydrogens (tertiary/aromatic N) is 1. The van der Waals surface area contributed by atoms with E-state index in [0.29, 0.717) is 34.0 Å². The third kappa shape index (κ3) is 3.60. The Hall–Kier alpha value is -3.22. The van der Waals surface area contributed by atoms with Gasteiger partial charge >= 0.3 is 0 Å². The minimum absolute atomic E-state index is 0.226. The maximum Gasteiger partial charge on any atom is 0.211 e. The molecule has 0 aliphatic heterocycles. The Morgan fingerprint density at radius 2 is 1.46 bits per heavy atom. The first-order valence-corrected chi connectivity index (χ1v) is 8.92. The third-order valence-corrected chi connectivity index (χ3v) is 4.30. The van der Waals surface area contributed by atoms with Crippen molar-refractivity contribution in [2.24, 2.45) is 0 Å². The maximum absolute atomic E-state index is 13.1. The van der Waals surface area contributed by atoms with Gasteiger partial charge < -0.3 is 18.9 Å². The summed E-state index contributed by atoms with van der Waals surface area (Å²) in [4.78, 5) is 13.1. The molecule has 0 aliphatic carbocycles. The number of aryl methyl sites for hydroxylation is 1. The summed E-state index contributed by atoms with van der Waals surface area (Å²) in [6.07, 6.45) is 0. The van der Waals surface area contributed by atoms with Gasteiger partial charge in [-0.3, -0.25) is 9.89 Å². The molecule has 3 rings (SSSR count). The third-order valence-electron chi connectivity index (χ3n) is 4.30. The first-order chi connectivity index (χ1) is 13.5. The fraction of sp³-hybridized carbons (Fsp3) is 0.333. The number of carbonyl (C=O) groups is 1. The molecule has 0 amide bonds. The molecule has 7 nitrogen and oxygen atoms in total. The van der Waals surface area contributed by atoms with Gasteiger partial charge in [0.05, 0.1) is 34.0 Å². The quantitative estimate of drug-likeness (QED) is 0.641. The summed E-state index contributed by atoms with van der Waals surface area (Å²) < 4.78 is 21.3. The predicted octanol–water partition coefficient (Wildman–Crippen LogP) is 4.16. The molecule has 7 heteroatoms. The summed E-state index contributed by atoms with van der Waals surface area (Å²) in [5.74, 6) is 1.75. The average Bonchev–Trinajstić information content (AvgIpc) is 3.18. The lowest BCUT2D eigenvalue weighted by atomic mass is 10.0. The minimum Gasteiger partial charge on any atom is -0.496 e. The Kier molecular flexibility index (Phi) is 6.87. The highest BCUT2D eigenvalue weighted by Gasteiger charge is 2.22. The van der Waals surface area contributed by atoms with Crippen LogP contribution in [0.2, 0.25) is 0 Å². The van der Waals surface area contributed by atoms with Crippen LogP contribution in [0.3, 0.4) is 0 Å². The molecule has 0 saturated carbocycles. The van der Waals surface area contributed by atoms with Crippen molar-refractivity contribution in [3.05, 3.63) is 41.1 Å². The molecule has 2 aromatic carbocycles. The smallest absolute Gasteiger partial charge is 0.211 e. The average molecular weight is 386 g/mol. The summed E-state index contributed by atoms with van der Waals surface area (Å²) in [6.45, 7) is 5.90. The van der Waals surface area contributed by atoms with E-state index in [4.69, 9.17) is 18.9 Å². The number of rotatable bonds is 6. The predicted molar refractivity (Wildman–Crippen MR) is 108 cm³/mol. The van der Waals surface area contributed by atoms with E-state index in [1.807, 2.05) is 32.9 Å². The zero-order valence-corrected chi connectivity index (χ0v) is 17.3. The van der Waals surface area contributed by atoms with E-state index in [0.717, 1.165) is 16.7 Å². The highest BCUT2D eigenvalue weighted by Crippen LogP contribution is 2.39. The van der Waals surface area contributed by atoms with Gasteiger partial charge in [-0.05, 0) is 31.2 Å². The van der Waals surface area contributed by atoms with Crippen LogP contribution in [-0.2, 0) is 0 Å². The number of ether oxygens (including phenoxy) is 4. The van der Waals surface area contributed by atoms with Crippen LogP contribution in [0.4, 0.5) is 0 Å². The van der Waals surface area contributed by atoms with Crippen molar-refractivity contribution < 1.29 is 23.7 Å². The topological polar surface area (TPSA) is 82.7 Å². The Morgan fingerprint density at radius 1 is 0.893 bits per heavy atom. The maximum atomic E-state index is 13.1. The van der Waals surface area contributed by atoms with E-state index < -0.39 is 0 Å². The molecule has 0 fully saturated rings. The SMILES string of the molecule is CC.COc1cc(C(=O)c2[nH]nc3c(C)c(OC)ccc23)cc(OC)c1OC. The first-order valence-electron chi connectivity index (χ1n) is 8.92. The van der Waals surface area contributed by atoms with Gasteiger partial charge in [0.2, 0.25) is 11.5 Å². The van der Waals surface area contributed by atoms with Crippen LogP contribution in [-0.4, -0.2) is 44.4 Å².